The molecule has 1 aromatic heterocycles. The number of thioether (sulfide) groups is 1. The van der Waals surface area contributed by atoms with E-state index in [1.54, 1.807) is 29.3 Å². The number of carbonyl (C=O) groups excluding carboxylic acids is 1. The van der Waals surface area contributed by atoms with Crippen molar-refractivity contribution in [2.45, 2.75) is 30.1 Å². The summed E-state index contributed by atoms with van der Waals surface area (Å²) in [6.07, 6.45) is 3.56. The van der Waals surface area contributed by atoms with Gasteiger partial charge in [-0.2, -0.15) is 0 Å². The third-order valence-electron chi connectivity index (χ3n) is 2.17. The molecular weight excluding hydrogens is 256 g/mol. The second kappa shape index (κ2) is 8.49. The van der Waals surface area contributed by atoms with Crippen molar-refractivity contribution in [1.82, 2.24) is 10.3 Å². The molecule has 0 fully saturated rings. The lowest BCUT2D eigenvalue weighted by Crippen LogP contribution is -2.38. The van der Waals surface area contributed by atoms with Crippen molar-refractivity contribution < 1.29 is 9.53 Å². The van der Waals surface area contributed by atoms with E-state index < -0.39 is 0 Å². The maximum atomic E-state index is 11.5. The Kier molecular flexibility index (Phi) is 7.23. The van der Waals surface area contributed by atoms with E-state index in [4.69, 9.17) is 4.74 Å². The Bertz CT molecular complexity index is 317. The highest BCUT2D eigenvalue weighted by Crippen LogP contribution is 2.21. The van der Waals surface area contributed by atoms with Gasteiger partial charge in [-0.25, -0.2) is 4.98 Å². The lowest BCUT2D eigenvalue weighted by molar-refractivity contribution is -0.143. The molecule has 1 atom stereocenters. The van der Waals surface area contributed by atoms with Gasteiger partial charge in [-0.15, -0.1) is 11.3 Å². The quantitative estimate of drug-likeness (QED) is 0.581. The summed E-state index contributed by atoms with van der Waals surface area (Å²) in [5, 5.41) is 5.15. The number of carbonyl (C=O) groups is 1. The lowest BCUT2D eigenvalue weighted by atomic mass is 10.2. The molecule has 0 aliphatic heterocycles. The Hall–Kier alpha value is -0.590. The van der Waals surface area contributed by atoms with Gasteiger partial charge in [0.1, 0.15) is 10.4 Å². The Labute approximate surface area is 110 Å². The first-order valence-electron chi connectivity index (χ1n) is 5.61. The zero-order valence-electron chi connectivity index (χ0n) is 10.1. The summed E-state index contributed by atoms with van der Waals surface area (Å²) < 4.78 is 5.82. The van der Waals surface area contributed by atoms with Crippen LogP contribution in [0.3, 0.4) is 0 Å². The Morgan fingerprint density at radius 3 is 3.12 bits per heavy atom. The first kappa shape index (κ1) is 14.5. The molecule has 0 bridgehead atoms. The van der Waals surface area contributed by atoms with Gasteiger partial charge >= 0.3 is 5.97 Å². The molecule has 0 saturated carbocycles. The van der Waals surface area contributed by atoms with E-state index in [1.807, 2.05) is 5.38 Å². The van der Waals surface area contributed by atoms with Gasteiger partial charge in [0.2, 0.25) is 0 Å². The minimum atomic E-state index is -0.201. The number of hydrogen-bond acceptors (Lipinski definition) is 6. The van der Waals surface area contributed by atoms with Crippen LogP contribution in [0, 0.1) is 0 Å². The molecule has 6 heteroatoms. The topological polar surface area (TPSA) is 51.2 Å². The van der Waals surface area contributed by atoms with Gasteiger partial charge < -0.3 is 10.1 Å². The van der Waals surface area contributed by atoms with Gasteiger partial charge in [-0.05, 0) is 19.4 Å². The molecule has 1 heterocycles. The monoisotopic (exact) mass is 274 g/mol. The second-order valence-corrected chi connectivity index (χ2v) is 5.70. The molecule has 0 amide bonds. The first-order chi connectivity index (χ1) is 8.27. The molecule has 1 aromatic rings. The van der Waals surface area contributed by atoms with E-state index in [0.717, 1.165) is 29.5 Å². The SMILES string of the molecule is CCCNC(CCSc1nccs1)C(=O)OC. The summed E-state index contributed by atoms with van der Waals surface area (Å²) in [6.45, 7) is 2.91. The van der Waals surface area contributed by atoms with Crippen molar-refractivity contribution in [1.29, 1.82) is 0 Å². The highest BCUT2D eigenvalue weighted by Gasteiger charge is 2.17. The van der Waals surface area contributed by atoms with E-state index >= 15 is 0 Å². The zero-order valence-corrected chi connectivity index (χ0v) is 11.8. The smallest absolute Gasteiger partial charge is 0.322 e. The van der Waals surface area contributed by atoms with Crippen LogP contribution in [0.4, 0.5) is 0 Å². The van der Waals surface area contributed by atoms with Gasteiger partial charge in [-0.3, -0.25) is 4.79 Å². The Balaban J connectivity index is 2.30. The summed E-state index contributed by atoms with van der Waals surface area (Å²) in [6, 6.07) is -0.201. The maximum Gasteiger partial charge on any atom is 0.322 e. The number of thiazole rings is 1. The average molecular weight is 274 g/mol. The van der Waals surface area contributed by atoms with Gasteiger partial charge in [-0.1, -0.05) is 18.7 Å². The van der Waals surface area contributed by atoms with Crippen molar-refractivity contribution in [3.05, 3.63) is 11.6 Å². The highest BCUT2D eigenvalue weighted by molar-refractivity contribution is 8.00. The van der Waals surface area contributed by atoms with Crippen molar-refractivity contribution in [2.24, 2.45) is 0 Å². The molecule has 0 aliphatic rings. The first-order valence-corrected chi connectivity index (χ1v) is 7.48. The highest BCUT2D eigenvalue weighted by atomic mass is 32.2. The summed E-state index contributed by atoms with van der Waals surface area (Å²) in [4.78, 5) is 15.7. The summed E-state index contributed by atoms with van der Waals surface area (Å²) in [5.74, 6) is 0.683. The van der Waals surface area contributed by atoms with E-state index in [9.17, 15) is 4.79 Å². The minimum Gasteiger partial charge on any atom is -0.468 e. The Morgan fingerprint density at radius 2 is 2.53 bits per heavy atom. The Morgan fingerprint density at radius 1 is 1.71 bits per heavy atom. The van der Waals surface area contributed by atoms with Crippen molar-refractivity contribution in [3.63, 3.8) is 0 Å². The van der Waals surface area contributed by atoms with Crippen LogP contribution in [-0.2, 0) is 9.53 Å². The van der Waals surface area contributed by atoms with Crippen LogP contribution in [0.15, 0.2) is 15.9 Å². The molecule has 0 saturated heterocycles. The summed E-state index contributed by atoms with van der Waals surface area (Å²) >= 11 is 3.30. The van der Waals surface area contributed by atoms with Crippen LogP contribution < -0.4 is 5.32 Å². The maximum absolute atomic E-state index is 11.5. The lowest BCUT2D eigenvalue weighted by Gasteiger charge is -2.15. The number of hydrogen-bond donors (Lipinski definition) is 1. The normalized spacial score (nSPS) is 12.4. The van der Waals surface area contributed by atoms with Crippen molar-refractivity contribution in [2.75, 3.05) is 19.4 Å². The summed E-state index contributed by atoms with van der Waals surface area (Å²) in [7, 11) is 1.43. The molecule has 0 aliphatic carbocycles. The zero-order chi connectivity index (χ0) is 12.5. The van der Waals surface area contributed by atoms with E-state index in [-0.39, 0.29) is 12.0 Å². The fourth-order valence-corrected chi connectivity index (χ4v) is 3.02. The molecule has 1 unspecified atom stereocenters. The van der Waals surface area contributed by atoms with Gasteiger partial charge in [0, 0.05) is 17.3 Å². The standard InChI is InChI=1S/C11H18N2O2S2/c1-3-5-12-9(10(14)15-2)4-7-16-11-13-6-8-17-11/h6,8-9,12H,3-5,7H2,1-2H3. The fourth-order valence-electron chi connectivity index (χ4n) is 1.31. The summed E-state index contributed by atoms with van der Waals surface area (Å²) in [5.41, 5.74) is 0. The van der Waals surface area contributed by atoms with Gasteiger partial charge in [0.15, 0.2) is 0 Å². The molecule has 1 rings (SSSR count). The fraction of sp³-hybridized carbons (Fsp3) is 0.636. The van der Waals surface area contributed by atoms with Crippen molar-refractivity contribution >= 4 is 29.1 Å². The number of methoxy groups -OCH3 is 1. The third kappa shape index (κ3) is 5.52. The average Bonchev–Trinajstić information content (AvgIpc) is 2.85. The van der Waals surface area contributed by atoms with Crippen LogP contribution in [0.25, 0.3) is 0 Å². The molecular formula is C11H18N2O2S2. The molecule has 0 aromatic carbocycles. The molecule has 96 valence electrons. The third-order valence-corrected chi connectivity index (χ3v) is 4.17. The van der Waals surface area contributed by atoms with Crippen LogP contribution in [0.2, 0.25) is 0 Å². The molecule has 0 spiro atoms. The van der Waals surface area contributed by atoms with E-state index in [1.165, 1.54) is 7.11 Å². The molecule has 4 nitrogen and oxygen atoms in total. The molecule has 17 heavy (non-hydrogen) atoms. The number of nitrogens with zero attached hydrogens (tertiary/aromatic N) is 1. The van der Waals surface area contributed by atoms with Crippen LogP contribution in [0.1, 0.15) is 19.8 Å². The van der Waals surface area contributed by atoms with Gasteiger partial charge in [0.05, 0.1) is 7.11 Å². The number of aromatic nitrogens is 1. The van der Waals surface area contributed by atoms with Crippen LogP contribution in [-0.4, -0.2) is 36.4 Å². The van der Waals surface area contributed by atoms with Crippen LogP contribution in [0.5, 0.6) is 0 Å². The van der Waals surface area contributed by atoms with E-state index in [2.05, 4.69) is 17.2 Å². The molecule has 0 radical (unpaired) electrons. The number of rotatable bonds is 8. The predicted molar refractivity (Wildman–Crippen MR) is 71.6 cm³/mol. The van der Waals surface area contributed by atoms with Gasteiger partial charge in [0.25, 0.3) is 0 Å². The van der Waals surface area contributed by atoms with E-state index in [0.29, 0.717) is 0 Å². The number of ether oxygens (including phenoxy) is 1. The number of esters is 1. The minimum absolute atomic E-state index is 0.182. The van der Waals surface area contributed by atoms with Crippen molar-refractivity contribution in [3.8, 4) is 0 Å². The largest absolute Gasteiger partial charge is 0.468 e. The van der Waals surface area contributed by atoms with Crippen LogP contribution >= 0.6 is 23.1 Å². The molecule has 1 N–H and O–H groups in total. The predicted octanol–water partition coefficient (Wildman–Crippen LogP) is 2.17. The second-order valence-electron chi connectivity index (χ2n) is 3.47. The number of nitrogens with one attached hydrogen (secondary N) is 1.